The van der Waals surface area contributed by atoms with Gasteiger partial charge in [0.15, 0.2) is 0 Å². The molecule has 13 heteroatoms. The fourth-order valence-corrected chi connectivity index (χ4v) is 6.23. The number of alkyl halides is 3. The van der Waals surface area contributed by atoms with E-state index in [1.165, 1.54) is 12.4 Å². The third kappa shape index (κ3) is 5.28. The van der Waals surface area contributed by atoms with Crippen molar-refractivity contribution in [1.29, 1.82) is 5.26 Å². The molecule has 4 aromatic rings. The fraction of sp³-hybridized carbons (Fsp3) is 0.333. The first-order valence-electron chi connectivity index (χ1n) is 11.6. The van der Waals surface area contributed by atoms with Crippen LogP contribution in [0.1, 0.15) is 28.3 Å². The first kappa shape index (κ1) is 25.1. The Hall–Kier alpha value is -3.55. The number of H-pyrrole nitrogens is 1. The molecule has 0 aliphatic carbocycles. The van der Waals surface area contributed by atoms with Gasteiger partial charge in [0.2, 0.25) is 0 Å². The van der Waals surface area contributed by atoms with Gasteiger partial charge in [-0.25, -0.2) is 0 Å². The van der Waals surface area contributed by atoms with Gasteiger partial charge < -0.3 is 0 Å². The Kier molecular flexibility index (Phi) is 6.84. The molecule has 0 radical (unpaired) electrons. The number of halogens is 3. The number of likely N-dealkylation sites (N-methyl/N-ethyl adjacent to an activating group) is 1. The number of piperazine rings is 1. The molecule has 190 valence electrons. The van der Waals surface area contributed by atoms with E-state index in [2.05, 4.69) is 59.7 Å². The number of fused-ring (bicyclic) bond motifs is 1. The SMILES string of the molecule is CC([AsH]c1ncc(C#N)c(-c2c[nH]c3ncc(C(F)(F)F)cc23)n1)c1cnc(N2CCN(C)CC2)nc1. The number of nitrogens with one attached hydrogen (secondary N) is 1. The molecule has 5 heterocycles. The number of pyridine rings is 1. The van der Waals surface area contributed by atoms with E-state index in [-0.39, 0.29) is 27.0 Å². The topological polar surface area (TPSA) is 111 Å². The Morgan fingerprint density at radius 3 is 2.46 bits per heavy atom. The van der Waals surface area contributed by atoms with Crippen molar-refractivity contribution >= 4 is 37.3 Å². The number of aromatic amines is 1. The Morgan fingerprint density at radius 2 is 1.78 bits per heavy atom. The van der Waals surface area contributed by atoms with Crippen molar-refractivity contribution in [2.24, 2.45) is 0 Å². The number of aromatic nitrogens is 6. The second-order valence-electron chi connectivity index (χ2n) is 8.86. The number of nitrogens with zero attached hydrogens (tertiary/aromatic N) is 8. The summed E-state index contributed by atoms with van der Waals surface area (Å²) in [5, 5.41) is 9.87. The van der Waals surface area contributed by atoms with Gasteiger partial charge in [-0.15, -0.1) is 0 Å². The molecule has 1 aliphatic heterocycles. The van der Waals surface area contributed by atoms with Crippen LogP contribution in [0.4, 0.5) is 19.1 Å². The number of hydrogen-bond donors (Lipinski definition) is 1. The van der Waals surface area contributed by atoms with Crippen LogP contribution in [-0.2, 0) is 6.18 Å². The molecule has 5 rings (SSSR count). The third-order valence-electron chi connectivity index (χ3n) is 6.31. The van der Waals surface area contributed by atoms with Gasteiger partial charge >= 0.3 is 218 Å². The molecule has 1 aliphatic rings. The van der Waals surface area contributed by atoms with Crippen molar-refractivity contribution < 1.29 is 13.2 Å². The first-order chi connectivity index (χ1) is 17.7. The van der Waals surface area contributed by atoms with Crippen molar-refractivity contribution in [3.8, 4) is 17.3 Å². The number of nitriles is 1. The van der Waals surface area contributed by atoms with Gasteiger partial charge in [0.25, 0.3) is 0 Å². The average molecular weight is 569 g/mol. The van der Waals surface area contributed by atoms with Gasteiger partial charge in [0.1, 0.15) is 0 Å². The molecule has 0 saturated carbocycles. The Labute approximate surface area is 217 Å². The summed E-state index contributed by atoms with van der Waals surface area (Å²) < 4.78 is 40.5. The molecule has 9 nitrogen and oxygen atoms in total. The van der Waals surface area contributed by atoms with E-state index in [1.54, 1.807) is 0 Å². The normalized spacial score (nSPS) is 15.9. The van der Waals surface area contributed by atoms with Crippen LogP contribution in [0.3, 0.4) is 0 Å². The van der Waals surface area contributed by atoms with Gasteiger partial charge in [0, 0.05) is 0 Å². The van der Waals surface area contributed by atoms with Gasteiger partial charge in [-0.2, -0.15) is 0 Å². The summed E-state index contributed by atoms with van der Waals surface area (Å²) in [5.74, 6) is 0.715. The minimum absolute atomic E-state index is 0.101. The molecule has 2 atom stereocenters. The Morgan fingerprint density at radius 1 is 1.05 bits per heavy atom. The number of hydrogen-bond acceptors (Lipinski definition) is 8. The third-order valence-corrected chi connectivity index (χ3v) is 8.97. The second kappa shape index (κ2) is 10.1. The Bertz CT molecular complexity index is 1460. The van der Waals surface area contributed by atoms with E-state index < -0.39 is 27.5 Å². The summed E-state index contributed by atoms with van der Waals surface area (Å²) in [6.07, 6.45) is 2.88. The summed E-state index contributed by atoms with van der Waals surface area (Å²) in [7, 11) is 2.10. The van der Waals surface area contributed by atoms with Crippen molar-refractivity contribution in [2.75, 3.05) is 38.1 Å². The van der Waals surface area contributed by atoms with E-state index in [0.29, 0.717) is 16.1 Å². The van der Waals surface area contributed by atoms with Crippen molar-refractivity contribution in [3.63, 3.8) is 0 Å². The van der Waals surface area contributed by atoms with Crippen LogP contribution >= 0.6 is 0 Å². The van der Waals surface area contributed by atoms with E-state index in [9.17, 15) is 18.4 Å². The maximum atomic E-state index is 13.3. The average Bonchev–Trinajstić information content (AvgIpc) is 3.32. The van der Waals surface area contributed by atoms with Crippen molar-refractivity contribution in [1.82, 2.24) is 34.8 Å². The maximum absolute atomic E-state index is 13.3. The van der Waals surface area contributed by atoms with Crippen LogP contribution in [0.15, 0.2) is 37.1 Å². The van der Waals surface area contributed by atoms with E-state index in [4.69, 9.17) is 0 Å². The van der Waals surface area contributed by atoms with Gasteiger partial charge in [-0.1, -0.05) is 0 Å². The van der Waals surface area contributed by atoms with Crippen LogP contribution in [0.25, 0.3) is 22.3 Å². The molecule has 0 aromatic carbocycles. The monoisotopic (exact) mass is 569 g/mol. The zero-order valence-electron chi connectivity index (χ0n) is 20.1. The number of anilines is 1. The summed E-state index contributed by atoms with van der Waals surface area (Å²) in [6, 6.07) is 3.07. The predicted molar refractivity (Wildman–Crippen MR) is 134 cm³/mol. The molecule has 1 N–H and O–H groups in total. The summed E-state index contributed by atoms with van der Waals surface area (Å²) in [5.41, 5.74) is 1.25. The van der Waals surface area contributed by atoms with Gasteiger partial charge in [0.05, 0.1) is 0 Å². The number of rotatable bonds is 5. The zero-order chi connectivity index (χ0) is 26.2. The van der Waals surface area contributed by atoms with Crippen molar-refractivity contribution in [2.45, 2.75) is 17.8 Å². The summed E-state index contributed by atoms with van der Waals surface area (Å²) in [4.78, 5) is 29.4. The van der Waals surface area contributed by atoms with E-state index >= 15 is 0 Å². The fourth-order valence-electron chi connectivity index (χ4n) is 4.09. The molecular formula is C24H23AsF3N9. The molecule has 0 bridgehead atoms. The molecule has 0 spiro atoms. The van der Waals surface area contributed by atoms with Crippen LogP contribution in [0.5, 0.6) is 0 Å². The summed E-state index contributed by atoms with van der Waals surface area (Å²) in [6.45, 7) is 5.76. The summed E-state index contributed by atoms with van der Waals surface area (Å²) >= 11 is -0.929. The molecule has 1 saturated heterocycles. The van der Waals surface area contributed by atoms with E-state index in [0.717, 1.165) is 44.0 Å². The quantitative estimate of drug-likeness (QED) is 0.365. The second-order valence-corrected chi connectivity index (χ2v) is 12.2. The van der Waals surface area contributed by atoms with Crippen molar-refractivity contribution in [3.05, 3.63) is 53.7 Å². The van der Waals surface area contributed by atoms with Crippen LogP contribution in [-0.4, -0.2) is 83.8 Å². The van der Waals surface area contributed by atoms with Crippen LogP contribution in [0, 0.1) is 11.3 Å². The molecule has 1 fully saturated rings. The standard InChI is InChI=1S/C24H23AsF3N9/c1-14(16-10-33-23(34-11-16)37-5-3-36(2)4-6-37)25-22-32-9-15(8-29)20(35-22)19-13-31-21-18(19)7-17(12-30-21)24(26,27)28/h7,9-14,25H,3-6H2,1-2H3,(H,30,31). The van der Waals surface area contributed by atoms with Gasteiger partial charge in [-0.05, 0) is 0 Å². The van der Waals surface area contributed by atoms with Crippen LogP contribution < -0.4 is 9.51 Å². The minimum atomic E-state index is -4.53. The molecule has 0 amide bonds. The molecule has 2 unspecified atom stereocenters. The van der Waals surface area contributed by atoms with Gasteiger partial charge in [-0.3, -0.25) is 0 Å². The van der Waals surface area contributed by atoms with Crippen LogP contribution in [0.2, 0.25) is 0 Å². The van der Waals surface area contributed by atoms with E-state index in [1.807, 2.05) is 12.4 Å². The Balaban J connectivity index is 1.40. The molecule has 37 heavy (non-hydrogen) atoms. The first-order valence-corrected chi connectivity index (χ1v) is 13.8. The predicted octanol–water partition coefficient (Wildman–Crippen LogP) is 2.28. The molecule has 4 aromatic heterocycles. The molecular weight excluding hydrogens is 546 g/mol. The zero-order valence-corrected chi connectivity index (χ0v) is 22.2.